The van der Waals surface area contributed by atoms with Gasteiger partial charge in [0, 0.05) is 43.3 Å². The number of ketones is 2. The van der Waals surface area contributed by atoms with Crippen molar-refractivity contribution in [1.82, 2.24) is 0 Å². The fourth-order valence-corrected chi connectivity index (χ4v) is 6.21. The molecule has 0 heterocycles. The molecule has 0 unspecified atom stereocenters. The van der Waals surface area contributed by atoms with E-state index < -0.39 is 52.0 Å². The van der Waals surface area contributed by atoms with E-state index in [9.17, 15) is 34.8 Å². The van der Waals surface area contributed by atoms with Crippen LogP contribution in [-0.2, 0) is 22.4 Å². The van der Waals surface area contributed by atoms with E-state index >= 15 is 0 Å². The number of primary amides is 1. The van der Waals surface area contributed by atoms with Crippen LogP contribution >= 0.6 is 0 Å². The average Bonchev–Trinajstić information content (AvgIpc) is 2.86. The molecule has 198 valence electrons. The predicted molar refractivity (Wildman–Crippen MR) is 140 cm³/mol. The number of hydrogen-bond acceptors (Lipinski definition) is 8. The van der Waals surface area contributed by atoms with Gasteiger partial charge in [-0.15, -0.1) is 0 Å². The highest BCUT2D eigenvalue weighted by Gasteiger charge is 2.59. The number of Topliss-reactive ketones (excluding diaryl/α,β-unsaturated/α-hetero) is 2. The fourth-order valence-electron chi connectivity index (χ4n) is 6.21. The van der Waals surface area contributed by atoms with Crippen LogP contribution in [0.4, 0.5) is 5.69 Å². The van der Waals surface area contributed by atoms with Crippen molar-refractivity contribution in [3.63, 3.8) is 0 Å². The highest BCUT2D eigenvalue weighted by molar-refractivity contribution is 6.24. The lowest BCUT2D eigenvalue weighted by Crippen LogP contribution is -2.57. The number of phenolic OH excluding ortho intramolecular Hbond substituents is 1. The van der Waals surface area contributed by atoms with Gasteiger partial charge in [0.25, 0.3) is 5.91 Å². The molecule has 5 rings (SSSR count). The molecule has 38 heavy (non-hydrogen) atoms. The number of aryl methyl sites for hydroxylation is 1. The Morgan fingerprint density at radius 2 is 1.76 bits per heavy atom. The lowest BCUT2D eigenvalue weighted by Gasteiger charge is -2.46. The summed E-state index contributed by atoms with van der Waals surface area (Å²) in [6, 6.07) is 9.45. The Labute approximate surface area is 219 Å². The number of allylic oxidation sites excluding steroid dienone is 2. The third kappa shape index (κ3) is 3.45. The molecule has 0 spiro atoms. The highest BCUT2D eigenvalue weighted by Crippen LogP contribution is 2.53. The number of nitrogens with two attached hydrogens (primary N) is 1. The number of amides is 1. The third-order valence-corrected chi connectivity index (χ3v) is 8.19. The number of aliphatic hydroxyl groups is 3. The van der Waals surface area contributed by atoms with Crippen LogP contribution in [0.2, 0.25) is 0 Å². The lowest BCUT2D eigenvalue weighted by atomic mass is 9.60. The summed E-state index contributed by atoms with van der Waals surface area (Å²) in [5, 5.41) is 44.4. The molecule has 1 amide bonds. The Bertz CT molecular complexity index is 1470. The zero-order chi connectivity index (χ0) is 27.7. The van der Waals surface area contributed by atoms with E-state index in [2.05, 4.69) is 0 Å². The first-order valence-corrected chi connectivity index (χ1v) is 12.5. The molecule has 0 aliphatic heterocycles. The van der Waals surface area contributed by atoms with Crippen LogP contribution in [0.25, 0.3) is 11.1 Å². The van der Waals surface area contributed by atoms with Crippen molar-refractivity contribution < 1.29 is 34.8 Å². The molecule has 3 aliphatic carbocycles. The summed E-state index contributed by atoms with van der Waals surface area (Å²) in [5.41, 5.74) is 5.30. The molecule has 0 saturated heterocycles. The minimum atomic E-state index is -2.58. The molecule has 6 N–H and O–H groups in total. The van der Waals surface area contributed by atoms with Gasteiger partial charge >= 0.3 is 0 Å². The molecule has 3 aliphatic rings. The predicted octanol–water partition coefficient (Wildman–Crippen LogP) is 2.88. The molecule has 3 atom stereocenters. The third-order valence-electron chi connectivity index (χ3n) is 8.19. The van der Waals surface area contributed by atoms with Gasteiger partial charge in [-0.2, -0.15) is 0 Å². The van der Waals surface area contributed by atoms with Crippen molar-refractivity contribution in [3.05, 3.63) is 69.7 Å². The van der Waals surface area contributed by atoms with E-state index in [0.717, 1.165) is 17.7 Å². The summed E-state index contributed by atoms with van der Waals surface area (Å²) >= 11 is 0. The summed E-state index contributed by atoms with van der Waals surface area (Å²) in [6.07, 6.45) is 0.939. The van der Waals surface area contributed by atoms with Gasteiger partial charge in [0.15, 0.2) is 11.4 Å². The molecule has 0 saturated carbocycles. The van der Waals surface area contributed by atoms with Gasteiger partial charge in [-0.3, -0.25) is 14.4 Å². The summed E-state index contributed by atoms with van der Waals surface area (Å²) in [6.45, 7) is 2.04. The number of carbonyl (C=O) groups is 3. The molecule has 0 radical (unpaired) electrons. The minimum Gasteiger partial charge on any atom is -0.511 e. The SMILES string of the molecule is CCc1ccc(-c2cc(N(C)C)c3c(c2O)C(=O)C2=C(O)[C@]4(O)C(=O)C(C(N)=O)=C(O)C[C@@H]4C[C@@H]2C3)cc1. The number of hydrogen-bond donors (Lipinski definition) is 5. The number of anilines is 1. The maximum atomic E-state index is 14.0. The topological polar surface area (TPSA) is 161 Å². The number of nitrogens with zero attached hydrogens (tertiary/aromatic N) is 1. The van der Waals surface area contributed by atoms with Gasteiger partial charge in [-0.1, -0.05) is 31.2 Å². The smallest absolute Gasteiger partial charge is 0.255 e. The molecular formula is C29H30N2O7. The summed E-state index contributed by atoms with van der Waals surface area (Å²) in [5.74, 6) is -6.35. The quantitative estimate of drug-likeness (QED) is 0.386. The van der Waals surface area contributed by atoms with Crippen LogP contribution in [0.15, 0.2) is 53.0 Å². The number of rotatable bonds is 4. The van der Waals surface area contributed by atoms with Crippen LogP contribution < -0.4 is 10.6 Å². The van der Waals surface area contributed by atoms with Crippen LogP contribution in [0.3, 0.4) is 0 Å². The molecule has 2 aromatic rings. The maximum absolute atomic E-state index is 14.0. The number of phenols is 1. The zero-order valence-corrected chi connectivity index (χ0v) is 21.4. The standard InChI is InChI=1S/C29H30N2O7/c1-4-13-5-7-14(8-6-13)17-12-19(31(2)3)18-10-15-9-16-11-20(32)23(28(30)37)27(36)29(16,38)26(35)21(15)25(34)22(18)24(17)33/h5-8,12,15-16,32-33,35,38H,4,9-11H2,1-3H3,(H2,30,37)/t15-,16+,29+/m1/s1. The first kappa shape index (κ1) is 25.5. The van der Waals surface area contributed by atoms with Gasteiger partial charge < -0.3 is 31.1 Å². The van der Waals surface area contributed by atoms with E-state index in [-0.39, 0.29) is 36.1 Å². The van der Waals surface area contributed by atoms with Crippen LogP contribution in [0.5, 0.6) is 5.75 Å². The van der Waals surface area contributed by atoms with E-state index in [4.69, 9.17) is 5.73 Å². The van der Waals surface area contributed by atoms with E-state index in [1.54, 1.807) is 0 Å². The van der Waals surface area contributed by atoms with E-state index in [1.807, 2.05) is 56.3 Å². The van der Waals surface area contributed by atoms with Crippen LogP contribution in [0, 0.1) is 11.8 Å². The number of carbonyl (C=O) groups excluding carboxylic acids is 3. The van der Waals surface area contributed by atoms with Crippen molar-refractivity contribution >= 4 is 23.2 Å². The Morgan fingerprint density at radius 1 is 1.11 bits per heavy atom. The van der Waals surface area contributed by atoms with Crippen molar-refractivity contribution in [2.24, 2.45) is 17.6 Å². The highest BCUT2D eigenvalue weighted by atomic mass is 16.3. The average molecular weight is 519 g/mol. The molecular weight excluding hydrogens is 488 g/mol. The number of aromatic hydroxyl groups is 1. The second kappa shape index (κ2) is 8.73. The largest absolute Gasteiger partial charge is 0.511 e. The van der Waals surface area contributed by atoms with Gasteiger partial charge in [0.1, 0.15) is 22.8 Å². The van der Waals surface area contributed by atoms with E-state index in [1.165, 1.54) is 0 Å². The minimum absolute atomic E-state index is 0.00221. The van der Waals surface area contributed by atoms with Gasteiger partial charge in [-0.05, 0) is 47.9 Å². The van der Waals surface area contributed by atoms with Gasteiger partial charge in [0.05, 0.1) is 5.56 Å². The van der Waals surface area contributed by atoms with E-state index in [0.29, 0.717) is 16.7 Å². The molecule has 2 aromatic carbocycles. The molecule has 9 nitrogen and oxygen atoms in total. The normalized spacial score (nSPS) is 24.6. The van der Waals surface area contributed by atoms with Crippen LogP contribution in [0.1, 0.15) is 41.3 Å². The second-order valence-corrected chi connectivity index (χ2v) is 10.5. The summed E-state index contributed by atoms with van der Waals surface area (Å²) in [4.78, 5) is 40.8. The zero-order valence-electron chi connectivity index (χ0n) is 21.4. The first-order valence-electron chi connectivity index (χ1n) is 12.5. The molecule has 9 heteroatoms. The first-order chi connectivity index (χ1) is 17.9. The van der Waals surface area contributed by atoms with Crippen molar-refractivity contribution in [2.75, 3.05) is 19.0 Å². The summed E-state index contributed by atoms with van der Waals surface area (Å²) in [7, 11) is 3.66. The van der Waals surface area contributed by atoms with Gasteiger partial charge in [0.2, 0.25) is 5.78 Å². The number of benzene rings is 2. The van der Waals surface area contributed by atoms with Crippen molar-refractivity contribution in [1.29, 1.82) is 0 Å². The second-order valence-electron chi connectivity index (χ2n) is 10.5. The number of fused-ring (bicyclic) bond motifs is 3. The van der Waals surface area contributed by atoms with Gasteiger partial charge in [-0.25, -0.2) is 0 Å². The fraction of sp³-hybridized carbons (Fsp3) is 0.345. The Kier molecular flexibility index (Phi) is 5.87. The van der Waals surface area contributed by atoms with Crippen molar-refractivity contribution in [2.45, 2.75) is 38.2 Å². The lowest BCUT2D eigenvalue weighted by molar-refractivity contribution is -0.144. The number of aliphatic hydroxyl groups excluding tert-OH is 2. The molecule has 0 bridgehead atoms. The van der Waals surface area contributed by atoms with Crippen LogP contribution in [-0.4, -0.2) is 57.6 Å². The Balaban J connectivity index is 1.71. The Morgan fingerprint density at radius 3 is 2.34 bits per heavy atom. The Hall–Kier alpha value is -4.11. The molecule has 0 aromatic heterocycles. The summed E-state index contributed by atoms with van der Waals surface area (Å²) < 4.78 is 0. The molecule has 0 fully saturated rings. The maximum Gasteiger partial charge on any atom is 0.255 e. The van der Waals surface area contributed by atoms with Crippen molar-refractivity contribution in [3.8, 4) is 16.9 Å². The monoisotopic (exact) mass is 518 g/mol.